The number of amides is 2. The third-order valence-corrected chi connectivity index (χ3v) is 3.98. The van der Waals surface area contributed by atoms with Crippen LogP contribution in [0.4, 0.5) is 0 Å². The summed E-state index contributed by atoms with van der Waals surface area (Å²) in [5.41, 5.74) is 0.866. The largest absolute Gasteiger partial charge is 0.481 e. The van der Waals surface area contributed by atoms with E-state index in [2.05, 4.69) is 10.6 Å². The van der Waals surface area contributed by atoms with Gasteiger partial charge in [-0.25, -0.2) is 0 Å². The highest BCUT2D eigenvalue weighted by Crippen LogP contribution is 2.07. The first kappa shape index (κ1) is 19.7. The van der Waals surface area contributed by atoms with E-state index >= 15 is 0 Å². The van der Waals surface area contributed by atoms with E-state index in [1.807, 2.05) is 44.2 Å². The van der Waals surface area contributed by atoms with Crippen LogP contribution in [0.25, 0.3) is 0 Å². The van der Waals surface area contributed by atoms with Gasteiger partial charge in [0.05, 0.1) is 12.3 Å². The molecular weight excluding hydrogens is 308 g/mol. The summed E-state index contributed by atoms with van der Waals surface area (Å²) in [4.78, 5) is 35.6. The first-order valence-corrected chi connectivity index (χ1v) is 8.08. The summed E-state index contributed by atoms with van der Waals surface area (Å²) in [7, 11) is 0. The molecule has 0 aliphatic rings. The lowest BCUT2D eigenvalue weighted by molar-refractivity contribution is -0.142. The molecule has 3 N–H and O–H groups in total. The van der Waals surface area contributed by atoms with Crippen LogP contribution in [0.5, 0.6) is 0 Å². The van der Waals surface area contributed by atoms with Gasteiger partial charge in [0.15, 0.2) is 0 Å². The molecule has 1 aromatic carbocycles. The number of aliphatic carboxylic acids is 1. The Morgan fingerprint density at radius 3 is 2.08 bits per heavy atom. The number of carbonyl (C=O) groups is 3. The highest BCUT2D eigenvalue weighted by Gasteiger charge is 2.28. The van der Waals surface area contributed by atoms with Crippen molar-refractivity contribution in [2.45, 2.75) is 46.2 Å². The zero-order valence-electron chi connectivity index (χ0n) is 14.6. The van der Waals surface area contributed by atoms with Gasteiger partial charge in [-0.2, -0.15) is 0 Å². The van der Waals surface area contributed by atoms with E-state index in [4.69, 9.17) is 5.11 Å². The van der Waals surface area contributed by atoms with Gasteiger partial charge in [0.1, 0.15) is 6.04 Å². The molecule has 1 aromatic rings. The van der Waals surface area contributed by atoms with E-state index in [1.54, 1.807) is 6.92 Å². The molecule has 0 spiro atoms. The number of hydrogen-bond acceptors (Lipinski definition) is 3. The standard InChI is InChI=1S/C18H26N2O4/c1-11(2)16(17(22)19-13(4)12(3)18(23)24)20-15(21)10-14-8-6-5-7-9-14/h5-9,11-13,16H,10H2,1-4H3,(H,19,22)(H,20,21)(H,23,24). The maximum atomic E-state index is 12.4. The Kier molecular flexibility index (Phi) is 7.42. The highest BCUT2D eigenvalue weighted by molar-refractivity contribution is 5.89. The van der Waals surface area contributed by atoms with Crippen LogP contribution in [-0.4, -0.2) is 35.0 Å². The van der Waals surface area contributed by atoms with Crippen molar-refractivity contribution in [1.29, 1.82) is 0 Å². The van der Waals surface area contributed by atoms with Crippen LogP contribution in [0.3, 0.4) is 0 Å². The van der Waals surface area contributed by atoms with Crippen molar-refractivity contribution >= 4 is 17.8 Å². The summed E-state index contributed by atoms with van der Waals surface area (Å²) in [5.74, 6) is -2.41. The maximum Gasteiger partial charge on any atom is 0.308 e. The molecule has 24 heavy (non-hydrogen) atoms. The second-order valence-electron chi connectivity index (χ2n) is 6.38. The summed E-state index contributed by atoms with van der Waals surface area (Å²) >= 11 is 0. The molecule has 0 saturated heterocycles. The molecule has 6 heteroatoms. The summed E-state index contributed by atoms with van der Waals surface area (Å²) in [6.45, 7) is 6.84. The second-order valence-corrected chi connectivity index (χ2v) is 6.38. The SMILES string of the molecule is CC(C)C(NC(=O)Cc1ccccc1)C(=O)NC(C)C(C)C(=O)O. The molecule has 3 atom stereocenters. The lowest BCUT2D eigenvalue weighted by Crippen LogP contribution is -2.53. The van der Waals surface area contributed by atoms with Crippen LogP contribution in [0, 0.1) is 11.8 Å². The minimum Gasteiger partial charge on any atom is -0.481 e. The molecule has 0 aliphatic heterocycles. The zero-order chi connectivity index (χ0) is 18.3. The third-order valence-electron chi connectivity index (χ3n) is 3.98. The van der Waals surface area contributed by atoms with Gasteiger partial charge < -0.3 is 15.7 Å². The summed E-state index contributed by atoms with van der Waals surface area (Å²) in [6.07, 6.45) is 0.193. The van der Waals surface area contributed by atoms with Crippen molar-refractivity contribution in [1.82, 2.24) is 10.6 Å². The van der Waals surface area contributed by atoms with Crippen molar-refractivity contribution < 1.29 is 19.5 Å². The fourth-order valence-electron chi connectivity index (χ4n) is 2.19. The molecule has 6 nitrogen and oxygen atoms in total. The normalized spacial score (nSPS) is 14.5. The van der Waals surface area contributed by atoms with Crippen LogP contribution >= 0.6 is 0 Å². The Balaban J connectivity index is 2.67. The van der Waals surface area contributed by atoms with Crippen molar-refractivity contribution in [3.05, 3.63) is 35.9 Å². The number of rotatable bonds is 8. The number of nitrogens with one attached hydrogen (secondary N) is 2. The van der Waals surface area contributed by atoms with Crippen molar-refractivity contribution in [2.24, 2.45) is 11.8 Å². The van der Waals surface area contributed by atoms with Gasteiger partial charge in [-0.1, -0.05) is 44.2 Å². The van der Waals surface area contributed by atoms with Gasteiger partial charge in [0.25, 0.3) is 0 Å². The molecule has 3 unspecified atom stereocenters. The topological polar surface area (TPSA) is 95.5 Å². The molecule has 1 rings (SSSR count). The van der Waals surface area contributed by atoms with Crippen LogP contribution in [-0.2, 0) is 20.8 Å². The molecule has 0 saturated carbocycles. The average molecular weight is 334 g/mol. The molecule has 0 bridgehead atoms. The fraction of sp³-hybridized carbons (Fsp3) is 0.500. The predicted molar refractivity (Wildman–Crippen MR) is 91.3 cm³/mol. The summed E-state index contributed by atoms with van der Waals surface area (Å²) < 4.78 is 0. The van der Waals surface area contributed by atoms with Gasteiger partial charge in [-0.05, 0) is 25.3 Å². The van der Waals surface area contributed by atoms with Gasteiger partial charge in [-0.15, -0.1) is 0 Å². The molecule has 0 heterocycles. The predicted octanol–water partition coefficient (Wildman–Crippen LogP) is 1.60. The second kappa shape index (κ2) is 9.05. The Morgan fingerprint density at radius 1 is 1.00 bits per heavy atom. The number of carbonyl (C=O) groups excluding carboxylic acids is 2. The van der Waals surface area contributed by atoms with E-state index in [0.717, 1.165) is 5.56 Å². The van der Waals surface area contributed by atoms with Crippen molar-refractivity contribution in [3.8, 4) is 0 Å². The van der Waals surface area contributed by atoms with Crippen LogP contribution in [0.15, 0.2) is 30.3 Å². The molecule has 0 aliphatic carbocycles. The van der Waals surface area contributed by atoms with Crippen molar-refractivity contribution in [2.75, 3.05) is 0 Å². The molecule has 0 aromatic heterocycles. The lowest BCUT2D eigenvalue weighted by atomic mass is 10.00. The Hall–Kier alpha value is -2.37. The van der Waals surface area contributed by atoms with E-state index in [-0.39, 0.29) is 24.2 Å². The van der Waals surface area contributed by atoms with E-state index in [9.17, 15) is 14.4 Å². The first-order chi connectivity index (χ1) is 11.2. The van der Waals surface area contributed by atoms with Gasteiger partial charge in [-0.3, -0.25) is 14.4 Å². The molecular formula is C18H26N2O4. The van der Waals surface area contributed by atoms with Crippen LogP contribution in [0.2, 0.25) is 0 Å². The third kappa shape index (κ3) is 6.02. The lowest BCUT2D eigenvalue weighted by Gasteiger charge is -2.25. The molecule has 0 radical (unpaired) electrons. The summed E-state index contributed by atoms with van der Waals surface area (Å²) in [6, 6.07) is 8.04. The average Bonchev–Trinajstić information content (AvgIpc) is 2.52. The summed E-state index contributed by atoms with van der Waals surface area (Å²) in [5, 5.41) is 14.4. The van der Waals surface area contributed by atoms with Gasteiger partial charge >= 0.3 is 5.97 Å². The van der Waals surface area contributed by atoms with E-state index in [0.29, 0.717) is 0 Å². The van der Waals surface area contributed by atoms with Crippen LogP contribution < -0.4 is 10.6 Å². The number of carboxylic acids is 1. The fourth-order valence-corrected chi connectivity index (χ4v) is 2.19. The Labute approximate surface area is 142 Å². The van der Waals surface area contributed by atoms with Crippen LogP contribution in [0.1, 0.15) is 33.3 Å². The first-order valence-electron chi connectivity index (χ1n) is 8.08. The van der Waals surface area contributed by atoms with Gasteiger partial charge in [0, 0.05) is 6.04 Å². The quantitative estimate of drug-likeness (QED) is 0.673. The van der Waals surface area contributed by atoms with E-state index < -0.39 is 24.0 Å². The number of carboxylic acid groups (broad SMARTS) is 1. The monoisotopic (exact) mass is 334 g/mol. The minimum absolute atomic E-state index is 0.114. The van der Waals surface area contributed by atoms with Gasteiger partial charge in [0.2, 0.25) is 11.8 Å². The minimum atomic E-state index is -0.975. The maximum absolute atomic E-state index is 12.4. The zero-order valence-corrected chi connectivity index (χ0v) is 14.6. The molecule has 2 amide bonds. The smallest absolute Gasteiger partial charge is 0.308 e. The van der Waals surface area contributed by atoms with E-state index in [1.165, 1.54) is 6.92 Å². The Bertz CT molecular complexity index is 572. The molecule has 0 fully saturated rings. The molecule has 132 valence electrons. The number of benzene rings is 1. The Morgan fingerprint density at radius 2 is 1.58 bits per heavy atom. The highest BCUT2D eigenvalue weighted by atomic mass is 16.4. The van der Waals surface area contributed by atoms with Crippen molar-refractivity contribution in [3.63, 3.8) is 0 Å². The number of hydrogen-bond donors (Lipinski definition) is 3.